The van der Waals surface area contributed by atoms with Gasteiger partial charge in [-0.3, -0.25) is 0 Å². The highest BCUT2D eigenvalue weighted by molar-refractivity contribution is 5.43. The fraction of sp³-hybridized carbons (Fsp3) is 0.647. The Labute approximate surface area is 123 Å². The highest BCUT2D eigenvalue weighted by Crippen LogP contribution is 2.28. The third-order valence-electron chi connectivity index (χ3n) is 3.33. The van der Waals surface area contributed by atoms with Crippen molar-refractivity contribution in [3.63, 3.8) is 0 Å². The number of rotatable bonds is 10. The Morgan fingerprint density at radius 3 is 2.55 bits per heavy atom. The largest absolute Gasteiger partial charge is 0.490 e. The fourth-order valence-electron chi connectivity index (χ4n) is 1.81. The molecule has 0 saturated heterocycles. The quantitative estimate of drug-likeness (QED) is 0.653. The normalized spacial score (nSPS) is 12.2. The lowest BCUT2D eigenvalue weighted by molar-refractivity contribution is 0.272. The predicted octanol–water partition coefficient (Wildman–Crippen LogP) is 4.15. The van der Waals surface area contributed by atoms with Crippen molar-refractivity contribution in [2.24, 2.45) is 0 Å². The molecule has 1 N–H and O–H groups in total. The summed E-state index contributed by atoms with van der Waals surface area (Å²) in [5, 5.41) is 3.49. The Kier molecular flexibility index (Phi) is 8.12. The zero-order chi connectivity index (χ0) is 14.8. The van der Waals surface area contributed by atoms with Crippen molar-refractivity contribution < 1.29 is 9.47 Å². The Balaban J connectivity index is 2.67. The molecular formula is C17H29NO2. The van der Waals surface area contributed by atoms with Crippen LogP contribution in [0.25, 0.3) is 0 Å². The van der Waals surface area contributed by atoms with Gasteiger partial charge in [0.2, 0.25) is 0 Å². The summed E-state index contributed by atoms with van der Waals surface area (Å²) in [5.74, 6) is 1.71. The topological polar surface area (TPSA) is 30.5 Å². The highest BCUT2D eigenvalue weighted by Gasteiger charge is 2.07. The lowest BCUT2D eigenvalue weighted by Gasteiger charge is -2.15. The Hall–Kier alpha value is -1.22. The summed E-state index contributed by atoms with van der Waals surface area (Å²) in [6, 6.07) is 6.75. The van der Waals surface area contributed by atoms with E-state index in [2.05, 4.69) is 38.2 Å². The first-order valence-electron chi connectivity index (χ1n) is 7.83. The summed E-state index contributed by atoms with van der Waals surface area (Å²) in [5.41, 5.74) is 1.23. The van der Waals surface area contributed by atoms with Gasteiger partial charge in [0.1, 0.15) is 0 Å². The monoisotopic (exact) mass is 279 g/mol. The van der Waals surface area contributed by atoms with Crippen molar-refractivity contribution in [3.05, 3.63) is 23.8 Å². The van der Waals surface area contributed by atoms with Crippen LogP contribution in [0.3, 0.4) is 0 Å². The number of unbranched alkanes of at least 4 members (excludes halogenated alkanes) is 1. The maximum atomic E-state index is 5.79. The van der Waals surface area contributed by atoms with Crippen LogP contribution in [0.5, 0.6) is 11.5 Å². The van der Waals surface area contributed by atoms with Crippen LogP contribution < -0.4 is 14.8 Å². The van der Waals surface area contributed by atoms with Crippen LogP contribution in [-0.2, 0) is 6.54 Å². The molecule has 1 atom stereocenters. The van der Waals surface area contributed by atoms with Crippen LogP contribution in [0.4, 0.5) is 0 Å². The molecule has 0 spiro atoms. The number of hydrogen-bond acceptors (Lipinski definition) is 3. The van der Waals surface area contributed by atoms with Gasteiger partial charge >= 0.3 is 0 Å². The summed E-state index contributed by atoms with van der Waals surface area (Å²) in [6.45, 7) is 10.8. The minimum absolute atomic E-state index is 0.533. The van der Waals surface area contributed by atoms with E-state index in [1.54, 1.807) is 0 Å². The Bertz CT molecular complexity index is 379. The molecular weight excluding hydrogens is 250 g/mol. The summed E-state index contributed by atoms with van der Waals surface area (Å²) >= 11 is 0. The first kappa shape index (κ1) is 16.8. The third kappa shape index (κ3) is 5.83. The molecule has 0 saturated carbocycles. The van der Waals surface area contributed by atoms with Gasteiger partial charge in [-0.15, -0.1) is 0 Å². The standard InChI is InChI=1S/C17H29NO2/c1-5-8-11-20-16-10-9-15(12-17(16)19-7-3)13-18-14(4)6-2/h9-10,12,14,18H,5-8,11,13H2,1-4H3/t14-/m1/s1. The third-order valence-corrected chi connectivity index (χ3v) is 3.33. The van der Waals surface area contributed by atoms with Gasteiger partial charge in [0, 0.05) is 12.6 Å². The molecule has 0 aliphatic rings. The van der Waals surface area contributed by atoms with E-state index in [0.717, 1.165) is 43.9 Å². The maximum Gasteiger partial charge on any atom is 0.161 e. The zero-order valence-electron chi connectivity index (χ0n) is 13.4. The second kappa shape index (κ2) is 9.65. The van der Waals surface area contributed by atoms with Crippen LogP contribution in [0, 0.1) is 0 Å². The van der Waals surface area contributed by atoms with E-state index in [1.165, 1.54) is 5.56 Å². The Morgan fingerprint density at radius 1 is 1.10 bits per heavy atom. The smallest absolute Gasteiger partial charge is 0.161 e. The lowest BCUT2D eigenvalue weighted by Crippen LogP contribution is -2.24. The van der Waals surface area contributed by atoms with Crippen LogP contribution in [0.2, 0.25) is 0 Å². The first-order chi connectivity index (χ1) is 9.71. The van der Waals surface area contributed by atoms with E-state index in [1.807, 2.05) is 13.0 Å². The average Bonchev–Trinajstić information content (AvgIpc) is 2.47. The van der Waals surface area contributed by atoms with Crippen molar-refractivity contribution in [1.82, 2.24) is 5.32 Å². The summed E-state index contributed by atoms with van der Waals surface area (Å²) < 4.78 is 11.5. The van der Waals surface area contributed by atoms with Crippen molar-refractivity contribution in [2.75, 3.05) is 13.2 Å². The SMILES string of the molecule is CCCCOc1ccc(CN[C@H](C)CC)cc1OCC. The molecule has 0 aliphatic heterocycles. The number of nitrogens with one attached hydrogen (secondary N) is 1. The molecule has 1 aromatic rings. The molecule has 1 rings (SSSR count). The van der Waals surface area contributed by atoms with Crippen LogP contribution in [-0.4, -0.2) is 19.3 Å². The molecule has 0 unspecified atom stereocenters. The summed E-state index contributed by atoms with van der Waals surface area (Å²) in [4.78, 5) is 0. The summed E-state index contributed by atoms with van der Waals surface area (Å²) in [7, 11) is 0. The molecule has 0 aromatic heterocycles. The van der Waals surface area contributed by atoms with Gasteiger partial charge in [0.05, 0.1) is 13.2 Å². The molecule has 0 bridgehead atoms. The van der Waals surface area contributed by atoms with E-state index >= 15 is 0 Å². The van der Waals surface area contributed by atoms with Gasteiger partial charge in [0.15, 0.2) is 11.5 Å². The molecule has 0 radical (unpaired) electrons. The maximum absolute atomic E-state index is 5.79. The van der Waals surface area contributed by atoms with Gasteiger partial charge < -0.3 is 14.8 Å². The fourth-order valence-corrected chi connectivity index (χ4v) is 1.81. The van der Waals surface area contributed by atoms with E-state index in [-0.39, 0.29) is 0 Å². The van der Waals surface area contributed by atoms with Gasteiger partial charge in [-0.25, -0.2) is 0 Å². The van der Waals surface area contributed by atoms with E-state index in [4.69, 9.17) is 9.47 Å². The van der Waals surface area contributed by atoms with E-state index in [0.29, 0.717) is 12.6 Å². The summed E-state index contributed by atoms with van der Waals surface area (Å²) in [6.07, 6.45) is 3.35. The molecule has 3 heteroatoms. The molecule has 0 aliphatic carbocycles. The second-order valence-corrected chi connectivity index (χ2v) is 5.11. The molecule has 3 nitrogen and oxygen atoms in total. The molecule has 0 amide bonds. The van der Waals surface area contributed by atoms with Crippen molar-refractivity contribution >= 4 is 0 Å². The number of hydrogen-bond donors (Lipinski definition) is 1. The van der Waals surface area contributed by atoms with Gasteiger partial charge in [-0.1, -0.05) is 26.3 Å². The second-order valence-electron chi connectivity index (χ2n) is 5.11. The van der Waals surface area contributed by atoms with Crippen molar-refractivity contribution in [1.29, 1.82) is 0 Å². The van der Waals surface area contributed by atoms with Crippen molar-refractivity contribution in [2.45, 2.75) is 59.5 Å². The molecule has 1 aromatic carbocycles. The number of ether oxygens (including phenoxy) is 2. The first-order valence-corrected chi connectivity index (χ1v) is 7.83. The number of benzene rings is 1. The van der Waals surface area contributed by atoms with Crippen LogP contribution in [0.15, 0.2) is 18.2 Å². The lowest BCUT2D eigenvalue weighted by atomic mass is 10.1. The van der Waals surface area contributed by atoms with Crippen LogP contribution >= 0.6 is 0 Å². The van der Waals surface area contributed by atoms with Gasteiger partial charge in [-0.2, -0.15) is 0 Å². The molecule has 20 heavy (non-hydrogen) atoms. The van der Waals surface area contributed by atoms with E-state index in [9.17, 15) is 0 Å². The van der Waals surface area contributed by atoms with Gasteiger partial charge in [-0.05, 0) is 44.4 Å². The molecule has 0 fully saturated rings. The minimum atomic E-state index is 0.533. The molecule has 0 heterocycles. The van der Waals surface area contributed by atoms with Crippen molar-refractivity contribution in [3.8, 4) is 11.5 Å². The average molecular weight is 279 g/mol. The van der Waals surface area contributed by atoms with Crippen LogP contribution in [0.1, 0.15) is 52.5 Å². The van der Waals surface area contributed by atoms with Gasteiger partial charge in [0.25, 0.3) is 0 Å². The van der Waals surface area contributed by atoms with E-state index < -0.39 is 0 Å². The zero-order valence-corrected chi connectivity index (χ0v) is 13.4. The molecule has 114 valence electrons. The minimum Gasteiger partial charge on any atom is -0.490 e. The predicted molar refractivity (Wildman–Crippen MR) is 84.6 cm³/mol. The Morgan fingerprint density at radius 2 is 1.90 bits per heavy atom. The highest BCUT2D eigenvalue weighted by atomic mass is 16.5.